The van der Waals surface area contributed by atoms with E-state index in [0.717, 1.165) is 11.3 Å². The summed E-state index contributed by atoms with van der Waals surface area (Å²) in [4.78, 5) is 16.7. The van der Waals surface area contributed by atoms with Gasteiger partial charge in [-0.1, -0.05) is 18.2 Å². The Morgan fingerprint density at radius 1 is 1.50 bits per heavy atom. The van der Waals surface area contributed by atoms with Gasteiger partial charge < -0.3 is 14.9 Å². The molecule has 5 heteroatoms. The van der Waals surface area contributed by atoms with Crippen LogP contribution < -0.4 is 10.1 Å². The lowest BCUT2D eigenvalue weighted by atomic mass is 10.2. The number of para-hydroxylation sites is 1. The zero-order chi connectivity index (χ0) is 12.8. The highest BCUT2D eigenvalue weighted by Gasteiger charge is 2.16. The summed E-state index contributed by atoms with van der Waals surface area (Å²) < 4.78 is 5.49. The summed E-state index contributed by atoms with van der Waals surface area (Å²) in [7, 11) is 0. The smallest absolute Gasteiger partial charge is 0.351 e. The van der Waals surface area contributed by atoms with E-state index >= 15 is 0 Å². The molecule has 2 rings (SSSR count). The number of carbonyl (C=O) groups is 1. The Hall–Kier alpha value is -2.17. The Kier molecular flexibility index (Phi) is 4.06. The van der Waals surface area contributed by atoms with Crippen molar-refractivity contribution < 1.29 is 14.4 Å². The molecule has 0 radical (unpaired) electrons. The monoisotopic (exact) mass is 248 g/mol. The Morgan fingerprint density at radius 2 is 2.33 bits per heavy atom. The van der Waals surface area contributed by atoms with E-state index in [1.54, 1.807) is 6.08 Å². The number of hydrogen-bond acceptors (Lipinski definition) is 3. The van der Waals surface area contributed by atoms with Crippen LogP contribution in [0.4, 0.5) is 4.79 Å². The first-order chi connectivity index (χ1) is 8.81. The van der Waals surface area contributed by atoms with Crippen LogP contribution in [0.3, 0.4) is 0 Å². The molecule has 2 amide bonds. The number of hydrogen-bond donors (Lipinski definition) is 1. The van der Waals surface area contributed by atoms with Gasteiger partial charge in [-0.3, -0.25) is 0 Å². The number of nitrogens with zero attached hydrogens (tertiary/aromatic N) is 1. The predicted molar refractivity (Wildman–Crippen MR) is 66.8 cm³/mol. The standard InChI is InChI=1S/C13H16N2O3/c1-2-17-12-7-4-3-6-11(12)10-14-13(16)15-8-5-9-18-15/h3-7,9H,2,8,10H2,1H3,(H,14,16). The molecule has 0 saturated carbocycles. The van der Waals surface area contributed by atoms with Crippen molar-refractivity contribution in [2.45, 2.75) is 13.5 Å². The zero-order valence-corrected chi connectivity index (χ0v) is 10.3. The molecule has 0 saturated heterocycles. The molecule has 0 spiro atoms. The van der Waals surface area contributed by atoms with E-state index in [4.69, 9.17) is 9.57 Å². The lowest BCUT2D eigenvalue weighted by Gasteiger charge is -2.16. The van der Waals surface area contributed by atoms with E-state index in [0.29, 0.717) is 19.7 Å². The van der Waals surface area contributed by atoms with E-state index in [1.807, 2.05) is 31.2 Å². The molecule has 0 unspecified atom stereocenters. The van der Waals surface area contributed by atoms with Gasteiger partial charge in [-0.05, 0) is 19.1 Å². The SMILES string of the molecule is CCOc1ccccc1CNC(=O)N1CC=CO1. The number of nitrogens with one attached hydrogen (secondary N) is 1. The van der Waals surface area contributed by atoms with Gasteiger partial charge >= 0.3 is 6.03 Å². The number of benzene rings is 1. The maximum absolute atomic E-state index is 11.7. The molecule has 0 bridgehead atoms. The topological polar surface area (TPSA) is 50.8 Å². The molecule has 1 aromatic carbocycles. The largest absolute Gasteiger partial charge is 0.494 e. The summed E-state index contributed by atoms with van der Waals surface area (Å²) in [6.45, 7) is 3.41. The first kappa shape index (κ1) is 12.3. The minimum atomic E-state index is -0.258. The maximum Gasteiger partial charge on any atom is 0.351 e. The van der Waals surface area contributed by atoms with Crippen molar-refractivity contribution in [3.05, 3.63) is 42.2 Å². The average molecular weight is 248 g/mol. The molecule has 1 N–H and O–H groups in total. The lowest BCUT2D eigenvalue weighted by Crippen LogP contribution is -2.36. The van der Waals surface area contributed by atoms with Crippen LogP contribution in [0.5, 0.6) is 5.75 Å². The van der Waals surface area contributed by atoms with E-state index in [1.165, 1.54) is 11.3 Å². The fraction of sp³-hybridized carbons (Fsp3) is 0.308. The van der Waals surface area contributed by atoms with Crippen LogP contribution in [0.15, 0.2) is 36.6 Å². The van der Waals surface area contributed by atoms with Crippen molar-refractivity contribution >= 4 is 6.03 Å². The number of amides is 2. The second kappa shape index (κ2) is 5.95. The van der Waals surface area contributed by atoms with Gasteiger partial charge in [-0.25, -0.2) is 4.79 Å². The lowest BCUT2D eigenvalue weighted by molar-refractivity contribution is -0.0299. The second-order valence-corrected chi connectivity index (χ2v) is 3.74. The Balaban J connectivity index is 1.91. The number of hydroxylamine groups is 2. The van der Waals surface area contributed by atoms with Crippen molar-refractivity contribution in [1.29, 1.82) is 0 Å². The predicted octanol–water partition coefficient (Wildman–Crippen LogP) is 2.06. The van der Waals surface area contributed by atoms with Crippen LogP contribution in [-0.2, 0) is 11.4 Å². The van der Waals surface area contributed by atoms with Gasteiger partial charge in [0.1, 0.15) is 12.0 Å². The molecule has 0 aliphatic carbocycles. The summed E-state index contributed by atoms with van der Waals surface area (Å²) in [6.07, 6.45) is 3.27. The second-order valence-electron chi connectivity index (χ2n) is 3.74. The zero-order valence-electron chi connectivity index (χ0n) is 10.3. The summed E-state index contributed by atoms with van der Waals surface area (Å²) in [6, 6.07) is 7.38. The summed E-state index contributed by atoms with van der Waals surface area (Å²) in [5.74, 6) is 0.792. The van der Waals surface area contributed by atoms with Crippen LogP contribution in [0.25, 0.3) is 0 Å². The van der Waals surface area contributed by atoms with Gasteiger partial charge in [0, 0.05) is 12.1 Å². The fourth-order valence-corrected chi connectivity index (χ4v) is 1.63. The summed E-state index contributed by atoms with van der Waals surface area (Å²) in [5.41, 5.74) is 0.944. The van der Waals surface area contributed by atoms with Gasteiger partial charge in [0.15, 0.2) is 0 Å². The molecule has 5 nitrogen and oxygen atoms in total. The minimum Gasteiger partial charge on any atom is -0.494 e. The fourth-order valence-electron chi connectivity index (χ4n) is 1.63. The van der Waals surface area contributed by atoms with Crippen LogP contribution in [0.2, 0.25) is 0 Å². The van der Waals surface area contributed by atoms with E-state index in [2.05, 4.69) is 5.32 Å². The third-order valence-electron chi connectivity index (χ3n) is 2.48. The summed E-state index contributed by atoms with van der Waals surface area (Å²) >= 11 is 0. The molecule has 0 atom stereocenters. The highest BCUT2D eigenvalue weighted by atomic mass is 16.7. The van der Waals surface area contributed by atoms with Gasteiger partial charge in [0.2, 0.25) is 0 Å². The van der Waals surface area contributed by atoms with Gasteiger partial charge in [0.25, 0.3) is 0 Å². The number of urea groups is 1. The van der Waals surface area contributed by atoms with Crippen molar-refractivity contribution in [1.82, 2.24) is 10.4 Å². The van der Waals surface area contributed by atoms with Gasteiger partial charge in [0.05, 0.1) is 13.2 Å². The third-order valence-corrected chi connectivity index (χ3v) is 2.48. The maximum atomic E-state index is 11.7. The number of ether oxygens (including phenoxy) is 1. The van der Waals surface area contributed by atoms with E-state index in [-0.39, 0.29) is 6.03 Å². The molecular weight excluding hydrogens is 232 g/mol. The normalized spacial score (nSPS) is 13.3. The van der Waals surface area contributed by atoms with Crippen molar-refractivity contribution in [3.63, 3.8) is 0 Å². The van der Waals surface area contributed by atoms with E-state index < -0.39 is 0 Å². The van der Waals surface area contributed by atoms with Crippen LogP contribution in [0.1, 0.15) is 12.5 Å². The summed E-state index contributed by atoms with van der Waals surface area (Å²) in [5, 5.41) is 4.03. The first-order valence-corrected chi connectivity index (χ1v) is 5.89. The number of carbonyl (C=O) groups excluding carboxylic acids is 1. The molecule has 18 heavy (non-hydrogen) atoms. The average Bonchev–Trinajstić information content (AvgIpc) is 2.92. The van der Waals surface area contributed by atoms with Crippen LogP contribution in [-0.4, -0.2) is 24.2 Å². The number of rotatable bonds is 4. The minimum absolute atomic E-state index is 0.258. The van der Waals surface area contributed by atoms with E-state index in [9.17, 15) is 4.79 Å². The highest BCUT2D eigenvalue weighted by molar-refractivity contribution is 5.73. The van der Waals surface area contributed by atoms with Crippen LogP contribution in [0, 0.1) is 0 Å². The van der Waals surface area contributed by atoms with Crippen LogP contribution >= 0.6 is 0 Å². The van der Waals surface area contributed by atoms with Gasteiger partial charge in [-0.15, -0.1) is 0 Å². The highest BCUT2D eigenvalue weighted by Crippen LogP contribution is 2.17. The molecule has 96 valence electrons. The molecule has 1 aromatic rings. The molecule has 0 fully saturated rings. The van der Waals surface area contributed by atoms with Crippen molar-refractivity contribution in [2.75, 3.05) is 13.2 Å². The molecule has 1 heterocycles. The van der Waals surface area contributed by atoms with Crippen molar-refractivity contribution in [2.24, 2.45) is 0 Å². The quantitative estimate of drug-likeness (QED) is 0.887. The Morgan fingerprint density at radius 3 is 3.06 bits per heavy atom. The van der Waals surface area contributed by atoms with Gasteiger partial charge in [-0.2, -0.15) is 5.06 Å². The Bertz CT molecular complexity index is 438. The molecule has 0 aromatic heterocycles. The first-order valence-electron chi connectivity index (χ1n) is 5.89. The van der Waals surface area contributed by atoms with Crippen molar-refractivity contribution in [3.8, 4) is 5.75 Å². The molecular formula is C13H16N2O3. The third kappa shape index (κ3) is 2.94. The molecule has 1 aliphatic heterocycles. The molecule has 1 aliphatic rings. The Labute approximate surface area is 106 Å².